The number of aldehydes is 1. The second kappa shape index (κ2) is 4.38. The molecule has 0 aromatic heterocycles. The van der Waals surface area contributed by atoms with E-state index in [1.165, 1.54) is 24.8 Å². The second-order valence-electron chi connectivity index (χ2n) is 4.93. The van der Waals surface area contributed by atoms with Crippen LogP contribution in [0.1, 0.15) is 53.6 Å². The molecule has 86 valence electrons. The van der Waals surface area contributed by atoms with E-state index in [0.717, 1.165) is 30.3 Å². The monoisotopic (exact) mass is 217 g/mol. The minimum absolute atomic E-state index is 0.277. The molecule has 2 rings (SSSR count). The highest BCUT2D eigenvalue weighted by Gasteiger charge is 2.31. The van der Waals surface area contributed by atoms with Crippen molar-refractivity contribution >= 4 is 6.29 Å². The first-order chi connectivity index (χ1) is 7.65. The number of benzene rings is 1. The molecule has 1 aliphatic rings. The summed E-state index contributed by atoms with van der Waals surface area (Å²) < 4.78 is 0. The minimum Gasteiger partial charge on any atom is -0.321 e. The summed E-state index contributed by atoms with van der Waals surface area (Å²) in [5, 5.41) is 0. The molecule has 2 heteroatoms. The minimum atomic E-state index is -0.277. The first kappa shape index (κ1) is 11.3. The van der Waals surface area contributed by atoms with Crippen molar-refractivity contribution in [2.75, 3.05) is 0 Å². The Morgan fingerprint density at radius 1 is 1.25 bits per heavy atom. The van der Waals surface area contributed by atoms with Crippen molar-refractivity contribution in [3.05, 3.63) is 34.9 Å². The van der Waals surface area contributed by atoms with Gasteiger partial charge in [0.2, 0.25) is 0 Å². The van der Waals surface area contributed by atoms with Gasteiger partial charge in [0, 0.05) is 11.1 Å². The van der Waals surface area contributed by atoms with Crippen LogP contribution in [0.2, 0.25) is 0 Å². The van der Waals surface area contributed by atoms with Crippen LogP contribution in [0.25, 0.3) is 0 Å². The molecule has 0 bridgehead atoms. The number of hydrogen-bond acceptors (Lipinski definition) is 2. The molecule has 0 unspecified atom stereocenters. The summed E-state index contributed by atoms with van der Waals surface area (Å²) in [4.78, 5) is 11.1. The van der Waals surface area contributed by atoms with Crippen LogP contribution in [0.4, 0.5) is 0 Å². The maximum Gasteiger partial charge on any atom is 0.150 e. The second-order valence-corrected chi connectivity index (χ2v) is 4.93. The summed E-state index contributed by atoms with van der Waals surface area (Å²) in [7, 11) is 0. The normalized spacial score (nSPS) is 19.4. The van der Waals surface area contributed by atoms with Gasteiger partial charge in [-0.2, -0.15) is 0 Å². The van der Waals surface area contributed by atoms with Crippen LogP contribution in [0.3, 0.4) is 0 Å². The molecule has 0 heterocycles. The molecule has 2 N–H and O–H groups in total. The Bertz CT molecular complexity index is 392. The Morgan fingerprint density at radius 3 is 2.56 bits per heavy atom. The van der Waals surface area contributed by atoms with Gasteiger partial charge in [-0.3, -0.25) is 4.79 Å². The number of carbonyl (C=O) groups excluding carboxylic acids is 1. The van der Waals surface area contributed by atoms with E-state index in [1.807, 2.05) is 19.1 Å². The zero-order chi connectivity index (χ0) is 11.6. The van der Waals surface area contributed by atoms with E-state index in [-0.39, 0.29) is 5.54 Å². The fraction of sp³-hybridized carbons (Fsp3) is 0.500. The third-order valence-electron chi connectivity index (χ3n) is 3.62. The SMILES string of the molecule is Cc1ccc(C=O)c(C2(N)CCCCC2)c1. The maximum absolute atomic E-state index is 11.1. The summed E-state index contributed by atoms with van der Waals surface area (Å²) in [6.45, 7) is 2.05. The lowest BCUT2D eigenvalue weighted by Crippen LogP contribution is -2.39. The van der Waals surface area contributed by atoms with E-state index in [4.69, 9.17) is 5.73 Å². The Kier molecular flexibility index (Phi) is 3.10. The average molecular weight is 217 g/mol. The van der Waals surface area contributed by atoms with Gasteiger partial charge in [0.25, 0.3) is 0 Å². The Balaban J connectivity index is 2.44. The van der Waals surface area contributed by atoms with Crippen LogP contribution in [0.15, 0.2) is 18.2 Å². The van der Waals surface area contributed by atoms with Gasteiger partial charge in [0.05, 0.1) is 0 Å². The van der Waals surface area contributed by atoms with Gasteiger partial charge < -0.3 is 5.73 Å². The van der Waals surface area contributed by atoms with Crippen LogP contribution >= 0.6 is 0 Å². The van der Waals surface area contributed by atoms with E-state index in [1.54, 1.807) is 0 Å². The predicted molar refractivity (Wildman–Crippen MR) is 65.5 cm³/mol. The van der Waals surface area contributed by atoms with Gasteiger partial charge in [-0.1, -0.05) is 43.0 Å². The van der Waals surface area contributed by atoms with Gasteiger partial charge in [-0.15, -0.1) is 0 Å². The highest BCUT2D eigenvalue weighted by atomic mass is 16.1. The Labute approximate surface area is 96.8 Å². The zero-order valence-electron chi connectivity index (χ0n) is 9.83. The Hall–Kier alpha value is -1.15. The molecule has 0 saturated heterocycles. The summed E-state index contributed by atoms with van der Waals surface area (Å²) >= 11 is 0. The van der Waals surface area contributed by atoms with E-state index >= 15 is 0 Å². The lowest BCUT2D eigenvalue weighted by atomic mass is 9.75. The van der Waals surface area contributed by atoms with E-state index in [2.05, 4.69) is 6.07 Å². The van der Waals surface area contributed by atoms with Crippen LogP contribution < -0.4 is 5.73 Å². The molecular formula is C14H19NO. The first-order valence-electron chi connectivity index (χ1n) is 6.01. The zero-order valence-corrected chi connectivity index (χ0v) is 9.83. The Morgan fingerprint density at radius 2 is 1.94 bits per heavy atom. The molecule has 0 atom stereocenters. The molecule has 0 radical (unpaired) electrons. The molecule has 16 heavy (non-hydrogen) atoms. The van der Waals surface area contributed by atoms with Crippen molar-refractivity contribution in [3.8, 4) is 0 Å². The van der Waals surface area contributed by atoms with Gasteiger partial charge in [0.1, 0.15) is 6.29 Å². The van der Waals surface area contributed by atoms with Crippen LogP contribution in [-0.4, -0.2) is 6.29 Å². The average Bonchev–Trinajstić information content (AvgIpc) is 2.30. The summed E-state index contributed by atoms with van der Waals surface area (Å²) in [5.74, 6) is 0. The molecule has 0 amide bonds. The van der Waals surface area contributed by atoms with E-state index in [9.17, 15) is 4.79 Å². The van der Waals surface area contributed by atoms with Crippen LogP contribution in [0.5, 0.6) is 0 Å². The van der Waals surface area contributed by atoms with Gasteiger partial charge in [0.15, 0.2) is 0 Å². The number of carbonyl (C=O) groups is 1. The molecule has 1 fully saturated rings. The predicted octanol–water partition coefficient (Wildman–Crippen LogP) is 2.93. The van der Waals surface area contributed by atoms with Crippen molar-refractivity contribution in [2.45, 2.75) is 44.6 Å². The third kappa shape index (κ3) is 2.03. The van der Waals surface area contributed by atoms with Gasteiger partial charge >= 0.3 is 0 Å². The van der Waals surface area contributed by atoms with Crippen molar-refractivity contribution in [3.63, 3.8) is 0 Å². The van der Waals surface area contributed by atoms with Gasteiger partial charge in [-0.25, -0.2) is 0 Å². The topological polar surface area (TPSA) is 43.1 Å². The van der Waals surface area contributed by atoms with Crippen molar-refractivity contribution in [1.29, 1.82) is 0 Å². The standard InChI is InChI=1S/C14H19NO/c1-11-5-6-12(10-16)13(9-11)14(15)7-3-2-4-8-14/h5-6,9-10H,2-4,7-8,15H2,1H3. The smallest absolute Gasteiger partial charge is 0.150 e. The van der Waals surface area contributed by atoms with Crippen molar-refractivity contribution in [2.24, 2.45) is 5.73 Å². The highest BCUT2D eigenvalue weighted by molar-refractivity contribution is 5.78. The summed E-state index contributed by atoms with van der Waals surface area (Å²) in [5.41, 5.74) is 9.17. The van der Waals surface area contributed by atoms with E-state index in [0.29, 0.717) is 0 Å². The van der Waals surface area contributed by atoms with Crippen molar-refractivity contribution < 1.29 is 4.79 Å². The molecule has 1 aliphatic carbocycles. The molecule has 2 nitrogen and oxygen atoms in total. The molecule has 1 aromatic rings. The van der Waals surface area contributed by atoms with Crippen LogP contribution in [-0.2, 0) is 5.54 Å². The number of hydrogen-bond donors (Lipinski definition) is 1. The fourth-order valence-electron chi connectivity index (χ4n) is 2.66. The number of aryl methyl sites for hydroxylation is 1. The number of rotatable bonds is 2. The number of nitrogens with two attached hydrogens (primary N) is 1. The largest absolute Gasteiger partial charge is 0.321 e. The summed E-state index contributed by atoms with van der Waals surface area (Å²) in [6.07, 6.45) is 6.53. The molecule has 0 spiro atoms. The first-order valence-corrected chi connectivity index (χ1v) is 6.01. The fourth-order valence-corrected chi connectivity index (χ4v) is 2.66. The molecule has 0 aliphatic heterocycles. The quantitative estimate of drug-likeness (QED) is 0.774. The lowest BCUT2D eigenvalue weighted by molar-refractivity contribution is 0.112. The third-order valence-corrected chi connectivity index (χ3v) is 3.62. The van der Waals surface area contributed by atoms with E-state index < -0.39 is 0 Å². The molecular weight excluding hydrogens is 198 g/mol. The lowest BCUT2D eigenvalue weighted by Gasteiger charge is -2.35. The maximum atomic E-state index is 11.1. The summed E-state index contributed by atoms with van der Waals surface area (Å²) in [6, 6.07) is 5.94. The molecule has 1 saturated carbocycles. The van der Waals surface area contributed by atoms with Gasteiger partial charge in [-0.05, 0) is 25.3 Å². The molecule has 1 aromatic carbocycles. The van der Waals surface area contributed by atoms with Crippen LogP contribution in [0, 0.1) is 6.92 Å². The highest BCUT2D eigenvalue weighted by Crippen LogP contribution is 2.36. The van der Waals surface area contributed by atoms with Crippen molar-refractivity contribution in [1.82, 2.24) is 0 Å².